The van der Waals surface area contributed by atoms with Crippen molar-refractivity contribution in [3.8, 4) is 67.5 Å². The van der Waals surface area contributed by atoms with Crippen LogP contribution in [0.5, 0.6) is 23.0 Å². The molecule has 7 aromatic carbocycles. The lowest BCUT2D eigenvalue weighted by atomic mass is 9.57. The molecule has 0 fully saturated rings. The van der Waals surface area contributed by atoms with Gasteiger partial charge in [0.25, 0.3) is 0 Å². The SMILES string of the molecule is c1ccc(-c2c(B3Oc4ccccc4O3)c(B3Oc4ccccc4O3)c(-c3ccccc3)c(-c3ccccc3)c2-c2ccccc2)cc1. The summed E-state index contributed by atoms with van der Waals surface area (Å²) in [5, 5.41) is 0. The van der Waals surface area contributed by atoms with Crippen molar-refractivity contribution < 1.29 is 18.6 Å². The average Bonchev–Trinajstić information content (AvgIpc) is 3.80. The van der Waals surface area contributed by atoms with E-state index >= 15 is 0 Å². The van der Waals surface area contributed by atoms with Crippen LogP contribution in [0.4, 0.5) is 0 Å². The number of para-hydroxylation sites is 4. The summed E-state index contributed by atoms with van der Waals surface area (Å²) in [6.45, 7) is 0. The molecule has 0 amide bonds. The monoisotopic (exact) mass is 618 g/mol. The third kappa shape index (κ3) is 4.81. The zero-order chi connectivity index (χ0) is 31.9. The van der Waals surface area contributed by atoms with Crippen LogP contribution in [0.1, 0.15) is 0 Å². The Morgan fingerprint density at radius 2 is 0.479 bits per heavy atom. The molecule has 2 aliphatic rings. The van der Waals surface area contributed by atoms with Gasteiger partial charge in [0.15, 0.2) is 0 Å². The number of hydrogen-bond donors (Lipinski definition) is 0. The predicted octanol–water partition coefficient (Wildman–Crippen LogP) is 8.69. The molecule has 0 saturated heterocycles. The third-order valence-corrected chi connectivity index (χ3v) is 8.93. The van der Waals surface area contributed by atoms with Crippen molar-refractivity contribution in [3.63, 3.8) is 0 Å². The lowest BCUT2D eigenvalue weighted by molar-refractivity contribution is 0.513. The van der Waals surface area contributed by atoms with E-state index in [2.05, 4.69) is 109 Å². The van der Waals surface area contributed by atoms with Gasteiger partial charge in [-0.2, -0.15) is 0 Å². The fourth-order valence-corrected chi connectivity index (χ4v) is 6.91. The minimum absolute atomic E-state index is 0.693. The molecule has 0 spiro atoms. The van der Waals surface area contributed by atoms with Crippen LogP contribution in [0.15, 0.2) is 170 Å². The molecule has 0 unspecified atom stereocenters. The minimum atomic E-state index is -0.779. The highest BCUT2D eigenvalue weighted by Crippen LogP contribution is 2.46. The Bertz CT molecular complexity index is 2030. The second-order valence-corrected chi connectivity index (χ2v) is 11.8. The summed E-state index contributed by atoms with van der Waals surface area (Å²) in [4.78, 5) is 0. The molecule has 0 radical (unpaired) electrons. The Hall–Kier alpha value is -6.13. The second kappa shape index (κ2) is 11.9. The first-order valence-electron chi connectivity index (χ1n) is 16.1. The third-order valence-electron chi connectivity index (χ3n) is 8.93. The van der Waals surface area contributed by atoms with Gasteiger partial charge in [0.05, 0.1) is 0 Å². The normalized spacial score (nSPS) is 12.8. The number of rotatable bonds is 6. The highest BCUT2D eigenvalue weighted by Gasteiger charge is 2.48. The molecule has 0 atom stereocenters. The van der Waals surface area contributed by atoms with Crippen LogP contribution in [0.3, 0.4) is 0 Å². The van der Waals surface area contributed by atoms with E-state index in [4.69, 9.17) is 18.6 Å². The van der Waals surface area contributed by atoms with E-state index in [-0.39, 0.29) is 0 Å². The maximum atomic E-state index is 6.73. The van der Waals surface area contributed by atoms with Crippen molar-refractivity contribution in [3.05, 3.63) is 170 Å². The van der Waals surface area contributed by atoms with E-state index in [0.29, 0.717) is 23.0 Å². The molecule has 9 rings (SSSR count). The highest BCUT2D eigenvalue weighted by molar-refractivity contribution is 6.78. The van der Waals surface area contributed by atoms with Gasteiger partial charge in [-0.1, -0.05) is 146 Å². The molecule has 0 aliphatic carbocycles. The van der Waals surface area contributed by atoms with Gasteiger partial charge in [-0.25, -0.2) is 0 Å². The van der Waals surface area contributed by atoms with Crippen LogP contribution in [-0.2, 0) is 0 Å². The Balaban J connectivity index is 1.48. The standard InChI is InChI=1S/C42H28B2O4/c1-5-17-29(18-6-1)37-38(30-19-7-2-8-20-30)40(32-23-11-4-12-24-32)42(44-47-35-27-15-16-28-36(35)48-44)41(39(37)31-21-9-3-10-22-31)43-45-33-25-13-14-26-34(33)46-43/h1-28H. The lowest BCUT2D eigenvalue weighted by Crippen LogP contribution is -2.58. The summed E-state index contributed by atoms with van der Waals surface area (Å²) in [6.07, 6.45) is 0. The zero-order valence-electron chi connectivity index (χ0n) is 26.0. The van der Waals surface area contributed by atoms with Gasteiger partial charge < -0.3 is 18.6 Å². The van der Waals surface area contributed by atoms with Crippen molar-refractivity contribution in [2.45, 2.75) is 0 Å². The van der Waals surface area contributed by atoms with Gasteiger partial charge in [0.1, 0.15) is 23.0 Å². The summed E-state index contributed by atoms with van der Waals surface area (Å²) in [5.74, 6) is 2.77. The first-order valence-corrected chi connectivity index (χ1v) is 16.1. The summed E-state index contributed by atoms with van der Waals surface area (Å²) in [5.41, 5.74) is 10.1. The number of hydrogen-bond acceptors (Lipinski definition) is 4. The second-order valence-electron chi connectivity index (χ2n) is 11.8. The van der Waals surface area contributed by atoms with E-state index in [1.165, 1.54) is 0 Å². The molecule has 226 valence electrons. The molecule has 2 heterocycles. The van der Waals surface area contributed by atoms with E-state index in [0.717, 1.165) is 55.4 Å². The fourth-order valence-electron chi connectivity index (χ4n) is 6.91. The molecule has 4 nitrogen and oxygen atoms in total. The van der Waals surface area contributed by atoms with Gasteiger partial charge in [-0.3, -0.25) is 0 Å². The van der Waals surface area contributed by atoms with Crippen LogP contribution in [-0.4, -0.2) is 14.2 Å². The number of benzene rings is 7. The molecule has 0 aromatic heterocycles. The van der Waals surface area contributed by atoms with Crippen LogP contribution in [0.25, 0.3) is 44.5 Å². The van der Waals surface area contributed by atoms with Gasteiger partial charge in [0, 0.05) is 10.9 Å². The molecular formula is C42H28B2O4. The molecule has 0 saturated carbocycles. The van der Waals surface area contributed by atoms with Crippen molar-refractivity contribution in [2.24, 2.45) is 0 Å². The Kier molecular flexibility index (Phi) is 6.98. The molecule has 0 N–H and O–H groups in total. The summed E-state index contributed by atoms with van der Waals surface area (Å²) < 4.78 is 26.9. The van der Waals surface area contributed by atoms with Crippen LogP contribution >= 0.6 is 0 Å². The largest absolute Gasteiger partial charge is 0.633 e. The fraction of sp³-hybridized carbons (Fsp3) is 0. The smallest absolute Gasteiger partial charge is 0.519 e. The molecule has 6 heteroatoms. The summed E-state index contributed by atoms with van der Waals surface area (Å²) in [7, 11) is -1.56. The molecule has 0 bridgehead atoms. The van der Waals surface area contributed by atoms with Crippen LogP contribution < -0.4 is 29.5 Å². The Morgan fingerprint density at radius 1 is 0.250 bits per heavy atom. The van der Waals surface area contributed by atoms with Crippen molar-refractivity contribution in [1.29, 1.82) is 0 Å². The van der Waals surface area contributed by atoms with E-state index in [9.17, 15) is 0 Å². The van der Waals surface area contributed by atoms with Crippen LogP contribution in [0.2, 0.25) is 0 Å². The average molecular weight is 618 g/mol. The van der Waals surface area contributed by atoms with Crippen molar-refractivity contribution in [2.75, 3.05) is 0 Å². The van der Waals surface area contributed by atoms with Gasteiger partial charge >= 0.3 is 14.2 Å². The first-order chi connectivity index (χ1) is 23.8. The van der Waals surface area contributed by atoms with Crippen molar-refractivity contribution >= 4 is 25.2 Å². The number of fused-ring (bicyclic) bond motifs is 2. The van der Waals surface area contributed by atoms with Gasteiger partial charge in [-0.05, 0) is 68.8 Å². The van der Waals surface area contributed by atoms with E-state index in [1.807, 2.05) is 60.7 Å². The predicted molar refractivity (Wildman–Crippen MR) is 194 cm³/mol. The first kappa shape index (κ1) is 28.1. The highest BCUT2D eigenvalue weighted by atomic mass is 16.6. The lowest BCUT2D eigenvalue weighted by Gasteiger charge is -2.28. The molecule has 48 heavy (non-hydrogen) atoms. The maximum Gasteiger partial charge on any atom is 0.633 e. The van der Waals surface area contributed by atoms with Crippen molar-refractivity contribution in [1.82, 2.24) is 0 Å². The van der Waals surface area contributed by atoms with E-state index in [1.54, 1.807) is 0 Å². The van der Waals surface area contributed by atoms with Crippen LogP contribution in [0, 0.1) is 0 Å². The van der Waals surface area contributed by atoms with E-state index < -0.39 is 14.2 Å². The molecular weight excluding hydrogens is 590 g/mol. The maximum absolute atomic E-state index is 6.73. The minimum Gasteiger partial charge on any atom is -0.519 e. The summed E-state index contributed by atoms with van der Waals surface area (Å²) >= 11 is 0. The van der Waals surface area contributed by atoms with Gasteiger partial charge in [-0.15, -0.1) is 0 Å². The van der Waals surface area contributed by atoms with Gasteiger partial charge in [0.2, 0.25) is 0 Å². The quantitative estimate of drug-likeness (QED) is 0.175. The zero-order valence-corrected chi connectivity index (χ0v) is 26.0. The molecule has 7 aromatic rings. The topological polar surface area (TPSA) is 36.9 Å². The molecule has 2 aliphatic heterocycles. The Labute approximate surface area is 280 Å². The Morgan fingerprint density at radius 3 is 0.750 bits per heavy atom. The summed E-state index contributed by atoms with van der Waals surface area (Å²) in [6, 6.07) is 57.8.